The fraction of sp³-hybridized carbons (Fsp3) is 0.846. The largest absolute Gasteiger partial charge is 0.465 e. The SMILES string of the molecule is CCCOC(=O)C1C2OC3C(OC(=O)C31)C2CCO. The van der Waals surface area contributed by atoms with Crippen LogP contribution >= 0.6 is 0 Å². The maximum absolute atomic E-state index is 12.1. The van der Waals surface area contributed by atoms with E-state index in [1.165, 1.54) is 0 Å². The average molecular weight is 270 g/mol. The summed E-state index contributed by atoms with van der Waals surface area (Å²) in [5.74, 6) is -1.93. The highest BCUT2D eigenvalue weighted by Gasteiger charge is 2.70. The molecule has 6 nitrogen and oxygen atoms in total. The second-order valence-electron chi connectivity index (χ2n) is 5.36. The number of ether oxygens (including phenoxy) is 3. The van der Waals surface area contributed by atoms with Gasteiger partial charge in [0, 0.05) is 12.5 Å². The topological polar surface area (TPSA) is 82.1 Å². The molecule has 3 fully saturated rings. The van der Waals surface area contributed by atoms with Crippen LogP contribution in [0.25, 0.3) is 0 Å². The van der Waals surface area contributed by atoms with Gasteiger partial charge in [-0.3, -0.25) is 9.59 Å². The van der Waals surface area contributed by atoms with Gasteiger partial charge >= 0.3 is 11.9 Å². The van der Waals surface area contributed by atoms with E-state index in [4.69, 9.17) is 19.3 Å². The van der Waals surface area contributed by atoms with Crippen molar-refractivity contribution in [3.8, 4) is 0 Å². The summed E-state index contributed by atoms with van der Waals surface area (Å²) < 4.78 is 16.2. The Hall–Kier alpha value is -1.14. The van der Waals surface area contributed by atoms with E-state index in [1.54, 1.807) is 0 Å². The van der Waals surface area contributed by atoms with Crippen LogP contribution in [0.4, 0.5) is 0 Å². The van der Waals surface area contributed by atoms with Crippen LogP contribution in [-0.4, -0.2) is 48.6 Å². The molecule has 6 atom stereocenters. The van der Waals surface area contributed by atoms with E-state index in [9.17, 15) is 9.59 Å². The zero-order valence-electron chi connectivity index (χ0n) is 10.8. The highest BCUT2D eigenvalue weighted by Crippen LogP contribution is 2.54. The van der Waals surface area contributed by atoms with Gasteiger partial charge in [-0.25, -0.2) is 0 Å². The minimum absolute atomic E-state index is 0.00725. The third kappa shape index (κ3) is 1.77. The highest BCUT2D eigenvalue weighted by molar-refractivity contribution is 5.86. The van der Waals surface area contributed by atoms with Crippen LogP contribution in [0.15, 0.2) is 0 Å². The Balaban J connectivity index is 1.81. The summed E-state index contributed by atoms with van der Waals surface area (Å²) in [4.78, 5) is 24.0. The molecule has 0 amide bonds. The molecule has 3 heterocycles. The van der Waals surface area contributed by atoms with Gasteiger partial charge in [-0.05, 0) is 12.8 Å². The van der Waals surface area contributed by atoms with Gasteiger partial charge < -0.3 is 19.3 Å². The Morgan fingerprint density at radius 2 is 2.16 bits per heavy atom. The van der Waals surface area contributed by atoms with E-state index in [2.05, 4.69) is 0 Å². The molecule has 3 saturated heterocycles. The number of carbonyl (C=O) groups excluding carboxylic acids is 2. The number of rotatable bonds is 5. The normalized spacial score (nSPS) is 42.5. The van der Waals surface area contributed by atoms with E-state index in [-0.39, 0.29) is 42.8 Å². The molecule has 0 spiro atoms. The summed E-state index contributed by atoms with van der Waals surface area (Å²) >= 11 is 0. The summed E-state index contributed by atoms with van der Waals surface area (Å²) in [7, 11) is 0. The fourth-order valence-electron chi connectivity index (χ4n) is 3.54. The molecule has 3 aliphatic heterocycles. The maximum Gasteiger partial charge on any atom is 0.313 e. The lowest BCUT2D eigenvalue weighted by Gasteiger charge is -2.26. The van der Waals surface area contributed by atoms with Crippen LogP contribution in [0.1, 0.15) is 19.8 Å². The van der Waals surface area contributed by atoms with E-state index >= 15 is 0 Å². The van der Waals surface area contributed by atoms with Crippen LogP contribution in [0.5, 0.6) is 0 Å². The lowest BCUT2D eigenvalue weighted by molar-refractivity contribution is -0.155. The van der Waals surface area contributed by atoms with Crippen molar-refractivity contribution < 1.29 is 28.9 Å². The van der Waals surface area contributed by atoms with E-state index < -0.39 is 11.8 Å². The van der Waals surface area contributed by atoms with Gasteiger partial charge in [-0.2, -0.15) is 0 Å². The molecule has 0 aromatic carbocycles. The first-order valence-electron chi connectivity index (χ1n) is 6.82. The quantitative estimate of drug-likeness (QED) is 0.701. The van der Waals surface area contributed by atoms with Gasteiger partial charge in [0.25, 0.3) is 0 Å². The van der Waals surface area contributed by atoms with Crippen molar-refractivity contribution in [2.24, 2.45) is 17.8 Å². The first kappa shape index (κ1) is 12.9. The van der Waals surface area contributed by atoms with E-state index in [1.807, 2.05) is 6.92 Å². The number of hydrogen-bond acceptors (Lipinski definition) is 6. The first-order valence-corrected chi connectivity index (χ1v) is 6.82. The summed E-state index contributed by atoms with van der Waals surface area (Å²) in [6.45, 7) is 2.26. The van der Waals surface area contributed by atoms with Crippen LogP contribution in [-0.2, 0) is 23.8 Å². The van der Waals surface area contributed by atoms with Gasteiger partial charge in [0.15, 0.2) is 0 Å². The molecule has 3 aliphatic rings. The summed E-state index contributed by atoms with van der Waals surface area (Å²) in [6.07, 6.45) is 0.218. The van der Waals surface area contributed by atoms with Crippen molar-refractivity contribution >= 4 is 11.9 Å². The highest BCUT2D eigenvalue weighted by atomic mass is 16.6. The van der Waals surface area contributed by atoms with Crippen LogP contribution < -0.4 is 0 Å². The molecule has 0 saturated carbocycles. The van der Waals surface area contributed by atoms with Crippen molar-refractivity contribution in [1.82, 2.24) is 0 Å². The molecular formula is C13H18O6. The van der Waals surface area contributed by atoms with E-state index in [0.29, 0.717) is 13.0 Å². The minimum Gasteiger partial charge on any atom is -0.465 e. The molecule has 6 heteroatoms. The number of carbonyl (C=O) groups is 2. The first-order chi connectivity index (χ1) is 9.19. The second-order valence-corrected chi connectivity index (χ2v) is 5.36. The summed E-state index contributed by atoms with van der Waals surface area (Å²) in [5, 5.41) is 9.10. The smallest absolute Gasteiger partial charge is 0.313 e. The molecule has 0 aromatic heterocycles. The number of fused-ring (bicyclic) bond motifs is 1. The predicted octanol–water partition coefficient (Wildman–Crippen LogP) is -0.123. The van der Waals surface area contributed by atoms with Gasteiger partial charge in [0.1, 0.15) is 18.1 Å². The molecule has 2 bridgehead atoms. The van der Waals surface area contributed by atoms with Crippen molar-refractivity contribution in [1.29, 1.82) is 0 Å². The Morgan fingerprint density at radius 1 is 1.37 bits per heavy atom. The molecule has 0 aromatic rings. The molecule has 0 aliphatic carbocycles. The van der Waals surface area contributed by atoms with Crippen molar-refractivity contribution in [3.05, 3.63) is 0 Å². The van der Waals surface area contributed by atoms with Crippen LogP contribution in [0, 0.1) is 17.8 Å². The van der Waals surface area contributed by atoms with Crippen molar-refractivity contribution in [3.63, 3.8) is 0 Å². The minimum atomic E-state index is -0.570. The molecule has 3 rings (SSSR count). The lowest BCUT2D eigenvalue weighted by atomic mass is 9.73. The van der Waals surface area contributed by atoms with Crippen molar-refractivity contribution in [2.75, 3.05) is 13.2 Å². The summed E-state index contributed by atoms with van der Waals surface area (Å²) in [5.41, 5.74) is 0. The second kappa shape index (κ2) is 4.76. The Bertz CT molecular complexity index is 395. The van der Waals surface area contributed by atoms with Crippen molar-refractivity contribution in [2.45, 2.75) is 38.1 Å². The molecule has 19 heavy (non-hydrogen) atoms. The monoisotopic (exact) mass is 270 g/mol. The molecule has 0 radical (unpaired) electrons. The van der Waals surface area contributed by atoms with Crippen LogP contribution in [0.2, 0.25) is 0 Å². The Kier molecular flexibility index (Phi) is 3.22. The molecule has 1 N–H and O–H groups in total. The molecule has 106 valence electrons. The standard InChI is InChI=1S/C13H18O6/c1-2-5-17-12(15)7-8-11-10(19-13(8)16)6(3-4-14)9(7)18-11/h6-11,14H,2-5H2,1H3. The lowest BCUT2D eigenvalue weighted by Crippen LogP contribution is -2.43. The van der Waals surface area contributed by atoms with E-state index in [0.717, 1.165) is 6.42 Å². The number of aliphatic hydroxyl groups is 1. The third-order valence-corrected chi connectivity index (χ3v) is 4.28. The van der Waals surface area contributed by atoms with Gasteiger partial charge in [-0.1, -0.05) is 6.92 Å². The number of hydrogen-bond donors (Lipinski definition) is 1. The van der Waals surface area contributed by atoms with Gasteiger partial charge in [0.2, 0.25) is 0 Å². The van der Waals surface area contributed by atoms with Gasteiger partial charge in [-0.15, -0.1) is 0 Å². The average Bonchev–Trinajstić information content (AvgIpc) is 2.99. The number of esters is 2. The zero-order valence-corrected chi connectivity index (χ0v) is 10.8. The molecular weight excluding hydrogens is 252 g/mol. The third-order valence-electron chi connectivity index (χ3n) is 4.28. The maximum atomic E-state index is 12.1. The predicted molar refractivity (Wildman–Crippen MR) is 62.0 cm³/mol. The van der Waals surface area contributed by atoms with Gasteiger partial charge in [0.05, 0.1) is 18.6 Å². The fourth-order valence-corrected chi connectivity index (χ4v) is 3.54. The summed E-state index contributed by atoms with van der Waals surface area (Å²) in [6, 6.07) is 0. The Morgan fingerprint density at radius 3 is 2.84 bits per heavy atom. The van der Waals surface area contributed by atoms with Crippen LogP contribution in [0.3, 0.4) is 0 Å². The zero-order chi connectivity index (χ0) is 13.6. The molecule has 6 unspecified atom stereocenters. The number of aliphatic hydroxyl groups excluding tert-OH is 1. The Labute approximate surface area is 111 Å².